The number of aromatic nitrogens is 2. The summed E-state index contributed by atoms with van der Waals surface area (Å²) in [7, 11) is 0. The van der Waals surface area contributed by atoms with Gasteiger partial charge in [0, 0.05) is 6.61 Å². The molecule has 0 fully saturated rings. The van der Waals surface area contributed by atoms with Gasteiger partial charge < -0.3 is 14.4 Å². The summed E-state index contributed by atoms with van der Waals surface area (Å²) in [6, 6.07) is 0. The second-order valence-electron chi connectivity index (χ2n) is 2.78. The van der Waals surface area contributed by atoms with Gasteiger partial charge in [-0.05, 0) is 13.3 Å². The van der Waals surface area contributed by atoms with Crippen molar-refractivity contribution in [2.45, 2.75) is 33.0 Å². The van der Waals surface area contributed by atoms with Crippen molar-refractivity contribution in [1.29, 1.82) is 0 Å². The van der Waals surface area contributed by atoms with Gasteiger partial charge in [0.15, 0.2) is 5.82 Å². The summed E-state index contributed by atoms with van der Waals surface area (Å²) < 4.78 is 9.96. The average molecular weight is 186 g/mol. The van der Waals surface area contributed by atoms with Gasteiger partial charge in [0.05, 0.1) is 0 Å². The maximum atomic E-state index is 9.07. The summed E-state index contributed by atoms with van der Waals surface area (Å²) in [4.78, 5) is 3.93. The topological polar surface area (TPSA) is 68.4 Å². The molecule has 0 bridgehead atoms. The lowest BCUT2D eigenvalue weighted by Crippen LogP contribution is -1.97. The minimum Gasteiger partial charge on any atom is -0.384 e. The minimum absolute atomic E-state index is 0.232. The van der Waals surface area contributed by atoms with Gasteiger partial charge in [-0.25, -0.2) is 0 Å². The molecule has 0 saturated heterocycles. The fraction of sp³-hybridized carbons (Fsp3) is 0.750. The van der Waals surface area contributed by atoms with E-state index in [-0.39, 0.29) is 5.89 Å². The van der Waals surface area contributed by atoms with Crippen molar-refractivity contribution in [2.24, 2.45) is 0 Å². The maximum Gasteiger partial charge on any atom is 0.255 e. The van der Waals surface area contributed by atoms with Crippen LogP contribution in [0.5, 0.6) is 0 Å². The Balaban J connectivity index is 2.40. The zero-order valence-electron chi connectivity index (χ0n) is 7.86. The van der Waals surface area contributed by atoms with Crippen molar-refractivity contribution in [1.82, 2.24) is 10.1 Å². The third-order valence-electron chi connectivity index (χ3n) is 1.42. The summed E-state index contributed by atoms with van der Waals surface area (Å²) in [6.07, 6.45) is 0.244. The van der Waals surface area contributed by atoms with E-state index < -0.39 is 6.10 Å². The highest BCUT2D eigenvalue weighted by molar-refractivity contribution is 4.86. The molecule has 0 radical (unpaired) electrons. The lowest BCUT2D eigenvalue weighted by molar-refractivity contribution is 0.114. The highest BCUT2D eigenvalue weighted by Crippen LogP contribution is 2.08. The van der Waals surface area contributed by atoms with Crippen LogP contribution >= 0.6 is 0 Å². The Morgan fingerprint density at radius 2 is 2.38 bits per heavy atom. The predicted molar refractivity (Wildman–Crippen MR) is 44.9 cm³/mol. The van der Waals surface area contributed by atoms with Crippen molar-refractivity contribution >= 4 is 0 Å². The van der Waals surface area contributed by atoms with Crippen molar-refractivity contribution < 1.29 is 14.4 Å². The van der Waals surface area contributed by atoms with E-state index in [0.717, 1.165) is 6.42 Å². The Morgan fingerprint density at radius 1 is 1.62 bits per heavy atom. The number of hydrogen-bond donors (Lipinski definition) is 1. The van der Waals surface area contributed by atoms with Crippen molar-refractivity contribution in [2.75, 3.05) is 6.61 Å². The molecule has 1 heterocycles. The quantitative estimate of drug-likeness (QED) is 0.696. The first-order valence-electron chi connectivity index (χ1n) is 4.32. The Bertz CT molecular complexity index is 247. The Labute approximate surface area is 76.7 Å². The van der Waals surface area contributed by atoms with Gasteiger partial charge >= 0.3 is 0 Å². The second-order valence-corrected chi connectivity index (χ2v) is 2.78. The highest BCUT2D eigenvalue weighted by atomic mass is 16.5. The van der Waals surface area contributed by atoms with Crippen molar-refractivity contribution in [3.05, 3.63) is 11.7 Å². The third-order valence-corrected chi connectivity index (χ3v) is 1.42. The molecule has 0 aliphatic carbocycles. The van der Waals surface area contributed by atoms with Gasteiger partial charge in [-0.1, -0.05) is 12.1 Å². The van der Waals surface area contributed by atoms with Crippen LogP contribution in [0, 0.1) is 0 Å². The van der Waals surface area contributed by atoms with E-state index in [0.29, 0.717) is 19.0 Å². The molecular formula is C8H14N2O3. The Morgan fingerprint density at radius 3 is 2.92 bits per heavy atom. The van der Waals surface area contributed by atoms with Crippen molar-refractivity contribution in [3.63, 3.8) is 0 Å². The number of nitrogens with zero attached hydrogens (tertiary/aromatic N) is 2. The van der Waals surface area contributed by atoms with Crippen LogP contribution in [0.25, 0.3) is 0 Å². The molecule has 1 aromatic heterocycles. The third kappa shape index (κ3) is 3.12. The predicted octanol–water partition coefficient (Wildman–Crippen LogP) is 1.05. The second kappa shape index (κ2) is 4.94. The van der Waals surface area contributed by atoms with Gasteiger partial charge in [-0.2, -0.15) is 4.98 Å². The van der Waals surface area contributed by atoms with Crippen LogP contribution in [0.1, 0.15) is 38.1 Å². The summed E-state index contributed by atoms with van der Waals surface area (Å²) in [6.45, 7) is 4.62. The van der Waals surface area contributed by atoms with Crippen LogP contribution in [0.4, 0.5) is 0 Å². The molecule has 1 N–H and O–H groups in total. The molecule has 0 aliphatic rings. The lowest BCUT2D eigenvalue weighted by Gasteiger charge is -1.95. The number of rotatable bonds is 5. The van der Waals surface area contributed by atoms with E-state index in [1.165, 1.54) is 0 Å². The first-order valence-corrected chi connectivity index (χ1v) is 4.32. The minimum atomic E-state index is -0.715. The normalized spacial score (nSPS) is 13.2. The zero-order valence-corrected chi connectivity index (χ0v) is 7.86. The molecular weight excluding hydrogens is 172 g/mol. The number of aliphatic hydroxyl groups is 1. The van der Waals surface area contributed by atoms with E-state index in [4.69, 9.17) is 14.4 Å². The molecule has 5 nitrogen and oxygen atoms in total. The molecule has 13 heavy (non-hydrogen) atoms. The standard InChI is InChI=1S/C8H14N2O3/c1-3-4-12-5-7-9-8(6(2)11)13-10-7/h6,11H,3-5H2,1-2H3/t6-/m0/s1. The van der Waals surface area contributed by atoms with Gasteiger partial charge in [0.2, 0.25) is 0 Å². The molecule has 0 unspecified atom stereocenters. The van der Waals surface area contributed by atoms with E-state index in [9.17, 15) is 0 Å². The van der Waals surface area contributed by atoms with E-state index in [1.54, 1.807) is 6.92 Å². The Kier molecular flexibility index (Phi) is 3.85. The maximum absolute atomic E-state index is 9.07. The van der Waals surface area contributed by atoms with E-state index in [2.05, 4.69) is 10.1 Å². The largest absolute Gasteiger partial charge is 0.384 e. The van der Waals surface area contributed by atoms with Crippen molar-refractivity contribution in [3.8, 4) is 0 Å². The summed E-state index contributed by atoms with van der Waals surface area (Å²) in [5, 5.41) is 12.7. The zero-order chi connectivity index (χ0) is 9.68. The summed E-state index contributed by atoms with van der Waals surface area (Å²) >= 11 is 0. The SMILES string of the molecule is CCCOCc1noc([C@H](C)O)n1. The van der Waals surface area contributed by atoms with Crippen LogP contribution in [0.3, 0.4) is 0 Å². The molecule has 1 aromatic rings. The monoisotopic (exact) mass is 186 g/mol. The van der Waals surface area contributed by atoms with Crippen LogP contribution in [0.15, 0.2) is 4.52 Å². The molecule has 1 atom stereocenters. The van der Waals surface area contributed by atoms with Gasteiger partial charge in [0.25, 0.3) is 5.89 Å². The van der Waals surface area contributed by atoms with E-state index in [1.807, 2.05) is 6.92 Å². The molecule has 0 saturated carbocycles. The van der Waals surface area contributed by atoms with Crippen LogP contribution < -0.4 is 0 Å². The number of aliphatic hydroxyl groups excluding tert-OH is 1. The fourth-order valence-corrected chi connectivity index (χ4v) is 0.804. The highest BCUT2D eigenvalue weighted by Gasteiger charge is 2.10. The van der Waals surface area contributed by atoms with Crippen LogP contribution in [0.2, 0.25) is 0 Å². The van der Waals surface area contributed by atoms with Crippen LogP contribution in [-0.4, -0.2) is 21.9 Å². The molecule has 5 heteroatoms. The molecule has 0 spiro atoms. The summed E-state index contributed by atoms with van der Waals surface area (Å²) in [5.41, 5.74) is 0. The van der Waals surface area contributed by atoms with Crippen LogP contribution in [-0.2, 0) is 11.3 Å². The lowest BCUT2D eigenvalue weighted by atomic mass is 10.4. The molecule has 0 amide bonds. The summed E-state index contributed by atoms with van der Waals surface area (Å²) in [5.74, 6) is 0.708. The van der Waals surface area contributed by atoms with Gasteiger partial charge in [-0.15, -0.1) is 0 Å². The first kappa shape index (κ1) is 10.1. The Hall–Kier alpha value is -0.940. The molecule has 74 valence electrons. The molecule has 1 rings (SSSR count). The number of hydrogen-bond acceptors (Lipinski definition) is 5. The van der Waals surface area contributed by atoms with Gasteiger partial charge in [0.1, 0.15) is 12.7 Å². The van der Waals surface area contributed by atoms with Gasteiger partial charge in [-0.3, -0.25) is 0 Å². The molecule has 0 aromatic carbocycles. The fourth-order valence-electron chi connectivity index (χ4n) is 0.804. The number of ether oxygens (including phenoxy) is 1. The molecule has 0 aliphatic heterocycles. The average Bonchev–Trinajstić information content (AvgIpc) is 2.53. The smallest absolute Gasteiger partial charge is 0.255 e. The first-order chi connectivity index (χ1) is 6.24. The van der Waals surface area contributed by atoms with E-state index >= 15 is 0 Å².